The van der Waals surface area contributed by atoms with Crippen molar-refractivity contribution in [2.75, 3.05) is 13.7 Å². The highest BCUT2D eigenvalue weighted by atomic mass is 79.9. The second kappa shape index (κ2) is 8.37. The predicted molar refractivity (Wildman–Crippen MR) is 114 cm³/mol. The number of nitrogens with zero attached hydrogens (tertiary/aromatic N) is 2. The number of rotatable bonds is 5. The molecule has 8 heteroatoms. The van der Waals surface area contributed by atoms with Gasteiger partial charge in [0, 0.05) is 18.7 Å². The van der Waals surface area contributed by atoms with Crippen molar-refractivity contribution in [3.05, 3.63) is 57.8 Å². The Morgan fingerprint density at radius 2 is 2.07 bits per heavy atom. The van der Waals surface area contributed by atoms with E-state index in [1.165, 1.54) is 6.20 Å². The number of esters is 1. The lowest BCUT2D eigenvalue weighted by atomic mass is 9.86. The molecular weight excluding hydrogens is 492 g/mol. The van der Waals surface area contributed by atoms with Crippen LogP contribution < -0.4 is 10.3 Å². The van der Waals surface area contributed by atoms with Crippen LogP contribution in [-0.4, -0.2) is 33.6 Å². The molecule has 0 saturated carbocycles. The van der Waals surface area contributed by atoms with Gasteiger partial charge in [0.25, 0.3) is 5.56 Å². The van der Waals surface area contributed by atoms with Crippen LogP contribution in [-0.2, 0) is 11.2 Å². The Balaban J connectivity index is 1.94. The average Bonchev–Trinajstić information content (AvgIpc) is 2.67. The summed E-state index contributed by atoms with van der Waals surface area (Å²) in [6.07, 6.45) is 2.56. The van der Waals surface area contributed by atoms with E-state index in [1.54, 1.807) is 18.6 Å². The Labute approximate surface area is 180 Å². The number of methoxy groups -OCH3 is 1. The number of fused-ring (bicyclic) bond motifs is 1. The van der Waals surface area contributed by atoms with Crippen LogP contribution in [0.5, 0.6) is 5.75 Å². The summed E-state index contributed by atoms with van der Waals surface area (Å²) in [5.41, 5.74) is 0.731. The van der Waals surface area contributed by atoms with Crippen molar-refractivity contribution in [2.24, 2.45) is 0 Å². The van der Waals surface area contributed by atoms with Crippen molar-refractivity contribution in [3.8, 4) is 5.75 Å². The van der Waals surface area contributed by atoms with Gasteiger partial charge in [0.2, 0.25) is 0 Å². The molecule has 0 aliphatic carbocycles. The standard InChI is InChI=1S/C20H22Br2N2O4/c1-4-28-19(26)15-11-23-16-10-20(22,9-12(2)24(16)18(15)25)17(21)13-5-7-14(27-3)8-6-13/h5-8,11-12,17H,4,9-10H2,1-3H3/t12?,17-,20-/m1/s1. The number of ether oxygens (including phenoxy) is 2. The highest BCUT2D eigenvalue weighted by Gasteiger charge is 2.43. The molecule has 1 aliphatic rings. The van der Waals surface area contributed by atoms with Crippen LogP contribution in [0.4, 0.5) is 0 Å². The summed E-state index contributed by atoms with van der Waals surface area (Å²) >= 11 is 7.74. The monoisotopic (exact) mass is 512 g/mol. The largest absolute Gasteiger partial charge is 0.497 e. The molecule has 0 amide bonds. The first-order valence-electron chi connectivity index (χ1n) is 9.05. The smallest absolute Gasteiger partial charge is 0.345 e. The summed E-state index contributed by atoms with van der Waals surface area (Å²) in [4.78, 5) is 29.3. The van der Waals surface area contributed by atoms with E-state index in [1.807, 2.05) is 31.2 Å². The fraction of sp³-hybridized carbons (Fsp3) is 0.450. The normalized spacial score (nSPS) is 22.2. The Bertz CT molecular complexity index is 929. The molecule has 1 aliphatic heterocycles. The molecule has 2 aromatic rings. The molecule has 0 spiro atoms. The molecule has 0 radical (unpaired) electrons. The van der Waals surface area contributed by atoms with E-state index in [9.17, 15) is 9.59 Å². The van der Waals surface area contributed by atoms with E-state index in [-0.39, 0.29) is 32.9 Å². The third-order valence-electron chi connectivity index (χ3n) is 4.96. The minimum absolute atomic E-state index is 0.00346. The van der Waals surface area contributed by atoms with Crippen molar-refractivity contribution in [2.45, 2.75) is 41.9 Å². The van der Waals surface area contributed by atoms with Gasteiger partial charge in [-0.2, -0.15) is 0 Å². The molecule has 1 aromatic heterocycles. The summed E-state index contributed by atoms with van der Waals surface area (Å²) in [5, 5.41) is 0. The van der Waals surface area contributed by atoms with Gasteiger partial charge >= 0.3 is 5.97 Å². The number of aromatic nitrogens is 2. The molecule has 3 atom stereocenters. The van der Waals surface area contributed by atoms with E-state index in [2.05, 4.69) is 36.8 Å². The van der Waals surface area contributed by atoms with Gasteiger partial charge < -0.3 is 9.47 Å². The number of carbonyl (C=O) groups is 1. The molecular formula is C20H22Br2N2O4. The topological polar surface area (TPSA) is 70.4 Å². The molecule has 150 valence electrons. The van der Waals surface area contributed by atoms with Crippen LogP contribution in [0.15, 0.2) is 35.3 Å². The van der Waals surface area contributed by atoms with E-state index >= 15 is 0 Å². The van der Waals surface area contributed by atoms with Gasteiger partial charge in [-0.25, -0.2) is 9.78 Å². The maximum Gasteiger partial charge on any atom is 0.345 e. The fourth-order valence-corrected chi connectivity index (χ4v) is 5.26. The van der Waals surface area contributed by atoms with E-state index < -0.39 is 5.97 Å². The van der Waals surface area contributed by atoms with Gasteiger partial charge in [0.05, 0.1) is 22.9 Å². The van der Waals surface area contributed by atoms with Crippen LogP contribution in [0.3, 0.4) is 0 Å². The molecule has 0 saturated heterocycles. The Hall–Kier alpha value is -1.67. The lowest BCUT2D eigenvalue weighted by molar-refractivity contribution is 0.0522. The minimum atomic E-state index is -0.630. The van der Waals surface area contributed by atoms with Gasteiger partial charge in [0.15, 0.2) is 0 Å². The molecule has 0 fully saturated rings. The summed E-state index contributed by atoms with van der Waals surface area (Å²) < 4.78 is 11.5. The lowest BCUT2D eigenvalue weighted by Crippen LogP contribution is -2.44. The third kappa shape index (κ3) is 3.89. The van der Waals surface area contributed by atoms with Gasteiger partial charge in [-0.05, 0) is 38.0 Å². The molecule has 28 heavy (non-hydrogen) atoms. The Morgan fingerprint density at radius 1 is 1.39 bits per heavy atom. The number of halogens is 2. The number of alkyl halides is 2. The third-order valence-corrected chi connectivity index (χ3v) is 8.04. The maximum absolute atomic E-state index is 12.8. The van der Waals surface area contributed by atoms with Gasteiger partial charge in [-0.3, -0.25) is 9.36 Å². The number of hydrogen-bond donors (Lipinski definition) is 0. The molecule has 3 rings (SSSR count). The van der Waals surface area contributed by atoms with Crippen LogP contribution in [0.1, 0.15) is 52.9 Å². The van der Waals surface area contributed by atoms with Crippen molar-refractivity contribution in [3.63, 3.8) is 0 Å². The summed E-state index contributed by atoms with van der Waals surface area (Å²) in [7, 11) is 1.64. The number of hydrogen-bond acceptors (Lipinski definition) is 5. The zero-order valence-corrected chi connectivity index (χ0v) is 19.1. The predicted octanol–water partition coefficient (Wildman–Crippen LogP) is 4.21. The summed E-state index contributed by atoms with van der Waals surface area (Å²) in [6.45, 7) is 3.89. The first kappa shape index (κ1) is 21.0. The van der Waals surface area contributed by atoms with Crippen LogP contribution in [0, 0.1) is 0 Å². The first-order valence-corrected chi connectivity index (χ1v) is 10.8. The van der Waals surface area contributed by atoms with Crippen molar-refractivity contribution >= 4 is 37.8 Å². The fourth-order valence-electron chi connectivity index (χ4n) is 3.62. The van der Waals surface area contributed by atoms with E-state index in [0.717, 1.165) is 11.3 Å². The lowest BCUT2D eigenvalue weighted by Gasteiger charge is -2.40. The SMILES string of the molecule is CCOC(=O)c1cnc2n(c1=O)C(C)C[C@](Br)([C@H](Br)c1ccc(OC)cc1)C2. The van der Waals surface area contributed by atoms with E-state index in [0.29, 0.717) is 18.7 Å². The second-order valence-corrected chi connectivity index (χ2v) is 9.38. The van der Waals surface area contributed by atoms with Crippen molar-refractivity contribution in [1.29, 1.82) is 0 Å². The Morgan fingerprint density at radius 3 is 2.68 bits per heavy atom. The number of carbonyl (C=O) groups excluding carboxylic acids is 1. The highest BCUT2D eigenvalue weighted by molar-refractivity contribution is 9.12. The Kier molecular flexibility index (Phi) is 6.29. The van der Waals surface area contributed by atoms with Gasteiger partial charge in [0.1, 0.15) is 17.1 Å². The molecule has 0 N–H and O–H groups in total. The van der Waals surface area contributed by atoms with Crippen molar-refractivity contribution in [1.82, 2.24) is 9.55 Å². The highest BCUT2D eigenvalue weighted by Crippen LogP contribution is 2.49. The van der Waals surface area contributed by atoms with Gasteiger partial charge in [-0.15, -0.1) is 0 Å². The van der Waals surface area contributed by atoms with Gasteiger partial charge in [-0.1, -0.05) is 44.0 Å². The minimum Gasteiger partial charge on any atom is -0.497 e. The van der Waals surface area contributed by atoms with Crippen LogP contribution in [0.25, 0.3) is 0 Å². The first-order chi connectivity index (χ1) is 13.3. The summed E-state index contributed by atoms with van der Waals surface area (Å²) in [6, 6.07) is 7.76. The zero-order chi connectivity index (χ0) is 20.5. The van der Waals surface area contributed by atoms with Crippen molar-refractivity contribution < 1.29 is 14.3 Å². The molecule has 0 bridgehead atoms. The van der Waals surface area contributed by atoms with Crippen LogP contribution >= 0.6 is 31.9 Å². The molecule has 6 nitrogen and oxygen atoms in total. The van der Waals surface area contributed by atoms with Crippen LogP contribution in [0.2, 0.25) is 0 Å². The molecule has 1 unspecified atom stereocenters. The number of benzene rings is 1. The average molecular weight is 514 g/mol. The zero-order valence-electron chi connectivity index (χ0n) is 15.9. The van der Waals surface area contributed by atoms with E-state index in [4.69, 9.17) is 9.47 Å². The quantitative estimate of drug-likeness (QED) is 0.442. The molecule has 1 aromatic carbocycles. The maximum atomic E-state index is 12.8. The second-order valence-electron chi connectivity index (χ2n) is 6.88. The summed E-state index contributed by atoms with van der Waals surface area (Å²) in [5.74, 6) is 0.815. The molecule has 2 heterocycles.